The first kappa shape index (κ1) is 21.6. The Labute approximate surface area is 175 Å². The molecule has 2 N–H and O–H groups in total. The summed E-state index contributed by atoms with van der Waals surface area (Å²) >= 11 is 0. The predicted molar refractivity (Wildman–Crippen MR) is 113 cm³/mol. The van der Waals surface area contributed by atoms with Crippen LogP contribution >= 0.6 is 0 Å². The summed E-state index contributed by atoms with van der Waals surface area (Å²) in [5.74, 6) is 1.34. The van der Waals surface area contributed by atoms with Crippen molar-refractivity contribution < 1.29 is 24.1 Å². The molecule has 0 aliphatic carbocycles. The molecule has 1 atom stereocenters. The fourth-order valence-corrected chi connectivity index (χ4v) is 3.68. The molecule has 2 aromatic carbocycles. The molecular formula is C22H28N3O5+. The third-order valence-electron chi connectivity index (χ3n) is 5.17. The molecule has 1 heterocycles. The van der Waals surface area contributed by atoms with Gasteiger partial charge in [0.1, 0.15) is 6.54 Å². The van der Waals surface area contributed by atoms with Crippen molar-refractivity contribution in [1.82, 2.24) is 0 Å². The second kappa shape index (κ2) is 9.58. The number of carbonyl (C=O) groups is 1. The number of rotatable bonds is 8. The molecule has 0 saturated heterocycles. The van der Waals surface area contributed by atoms with E-state index in [0.29, 0.717) is 32.0 Å². The van der Waals surface area contributed by atoms with Gasteiger partial charge in [0.25, 0.3) is 11.6 Å². The Balaban J connectivity index is 1.68. The van der Waals surface area contributed by atoms with Gasteiger partial charge < -0.3 is 19.7 Å². The Morgan fingerprint density at radius 1 is 1.13 bits per heavy atom. The van der Waals surface area contributed by atoms with E-state index in [1.807, 2.05) is 32.9 Å². The molecule has 1 aliphatic heterocycles. The van der Waals surface area contributed by atoms with Crippen LogP contribution in [-0.2, 0) is 17.8 Å². The summed E-state index contributed by atoms with van der Waals surface area (Å²) in [4.78, 5) is 24.3. The molecule has 8 heteroatoms. The van der Waals surface area contributed by atoms with Crippen molar-refractivity contribution >= 4 is 17.3 Å². The van der Waals surface area contributed by atoms with Crippen LogP contribution in [0.2, 0.25) is 0 Å². The van der Waals surface area contributed by atoms with Gasteiger partial charge in [-0.15, -0.1) is 0 Å². The number of aryl methyl sites for hydroxylation is 1. The molecule has 8 nitrogen and oxygen atoms in total. The third-order valence-corrected chi connectivity index (χ3v) is 5.17. The fourth-order valence-electron chi connectivity index (χ4n) is 3.68. The average Bonchev–Trinajstić information content (AvgIpc) is 2.70. The van der Waals surface area contributed by atoms with E-state index in [0.717, 1.165) is 40.5 Å². The summed E-state index contributed by atoms with van der Waals surface area (Å²) in [6.07, 6.45) is 0.847. The lowest BCUT2D eigenvalue weighted by Crippen LogP contribution is -3.12. The third kappa shape index (κ3) is 5.07. The number of non-ortho nitro benzene ring substituents is 1. The number of fused-ring (bicyclic) bond motifs is 1. The lowest BCUT2D eigenvalue weighted by atomic mass is 9.98. The van der Waals surface area contributed by atoms with E-state index in [1.54, 1.807) is 6.07 Å². The topological polar surface area (TPSA) is 95.1 Å². The molecule has 160 valence electrons. The summed E-state index contributed by atoms with van der Waals surface area (Å²) in [6, 6.07) is 8.55. The molecule has 0 saturated carbocycles. The lowest BCUT2D eigenvalue weighted by molar-refractivity contribution is -0.907. The van der Waals surface area contributed by atoms with Gasteiger partial charge in [-0.3, -0.25) is 14.9 Å². The number of benzene rings is 2. The van der Waals surface area contributed by atoms with E-state index in [-0.39, 0.29) is 11.6 Å². The van der Waals surface area contributed by atoms with Gasteiger partial charge in [-0.25, -0.2) is 0 Å². The minimum Gasteiger partial charge on any atom is -0.490 e. The zero-order chi connectivity index (χ0) is 21.7. The molecular weight excluding hydrogens is 386 g/mol. The van der Waals surface area contributed by atoms with E-state index in [2.05, 4.69) is 5.32 Å². The molecule has 0 fully saturated rings. The summed E-state index contributed by atoms with van der Waals surface area (Å²) in [5.41, 5.74) is 3.61. The summed E-state index contributed by atoms with van der Waals surface area (Å²) in [7, 11) is 0. The van der Waals surface area contributed by atoms with E-state index in [4.69, 9.17) is 9.47 Å². The highest BCUT2D eigenvalue weighted by Crippen LogP contribution is 2.32. The predicted octanol–water partition coefficient (Wildman–Crippen LogP) is 2.28. The average molecular weight is 414 g/mol. The maximum absolute atomic E-state index is 12.6. The van der Waals surface area contributed by atoms with Crippen LogP contribution in [0.15, 0.2) is 30.3 Å². The SMILES string of the molecule is CCOc1cc2c(cc1OCC)C[NH+](CC(=O)Nc1cc([N+](=O)[O-])ccc1C)CC2. The zero-order valence-electron chi connectivity index (χ0n) is 17.6. The van der Waals surface area contributed by atoms with E-state index >= 15 is 0 Å². The quantitative estimate of drug-likeness (QED) is 0.510. The fraction of sp³-hybridized carbons (Fsp3) is 0.409. The summed E-state index contributed by atoms with van der Waals surface area (Å²) < 4.78 is 11.4. The Hall–Kier alpha value is -3.13. The van der Waals surface area contributed by atoms with E-state index in [1.165, 1.54) is 17.7 Å². The van der Waals surface area contributed by atoms with Crippen LogP contribution < -0.4 is 19.7 Å². The molecule has 3 rings (SSSR count). The number of nitro groups is 1. The molecule has 1 unspecified atom stereocenters. The Bertz CT molecular complexity index is 945. The van der Waals surface area contributed by atoms with Gasteiger partial charge in [-0.1, -0.05) is 6.07 Å². The number of quaternary nitrogens is 1. The molecule has 30 heavy (non-hydrogen) atoms. The maximum atomic E-state index is 12.6. The van der Waals surface area contributed by atoms with Crippen molar-refractivity contribution in [3.8, 4) is 11.5 Å². The van der Waals surface area contributed by atoms with Crippen molar-refractivity contribution in [3.63, 3.8) is 0 Å². The number of amides is 1. The summed E-state index contributed by atoms with van der Waals surface area (Å²) in [5, 5.41) is 13.8. The van der Waals surface area contributed by atoms with Crippen LogP contribution in [0.25, 0.3) is 0 Å². The van der Waals surface area contributed by atoms with Crippen LogP contribution in [0, 0.1) is 17.0 Å². The number of carbonyl (C=O) groups excluding carboxylic acids is 1. The Morgan fingerprint density at radius 3 is 2.43 bits per heavy atom. The van der Waals surface area contributed by atoms with E-state index < -0.39 is 4.92 Å². The lowest BCUT2D eigenvalue weighted by Gasteiger charge is -2.26. The first-order chi connectivity index (χ1) is 14.4. The standard InChI is InChI=1S/C22H27N3O5/c1-4-29-20-10-16-8-9-24(13-17(16)11-21(20)30-5-2)14-22(26)23-19-12-18(25(27)28)7-6-15(19)3/h6-7,10-12H,4-5,8-9,13-14H2,1-3H3,(H,23,26)/p+1. The van der Waals surface area contributed by atoms with Crippen molar-refractivity contribution in [2.45, 2.75) is 33.7 Å². The van der Waals surface area contributed by atoms with Crippen LogP contribution in [0.5, 0.6) is 11.5 Å². The van der Waals surface area contributed by atoms with Crippen LogP contribution in [-0.4, -0.2) is 37.1 Å². The highest BCUT2D eigenvalue weighted by molar-refractivity contribution is 5.92. The van der Waals surface area contributed by atoms with Gasteiger partial charge in [0.15, 0.2) is 18.0 Å². The highest BCUT2D eigenvalue weighted by Gasteiger charge is 2.24. The first-order valence-corrected chi connectivity index (χ1v) is 10.2. The second-order valence-corrected chi connectivity index (χ2v) is 7.34. The second-order valence-electron chi connectivity index (χ2n) is 7.34. The minimum absolute atomic E-state index is 0.0382. The number of nitrogens with one attached hydrogen (secondary N) is 2. The molecule has 0 aromatic heterocycles. The molecule has 1 aliphatic rings. The molecule has 0 bridgehead atoms. The van der Waals surface area contributed by atoms with Crippen molar-refractivity contribution in [1.29, 1.82) is 0 Å². The monoisotopic (exact) mass is 414 g/mol. The highest BCUT2D eigenvalue weighted by atomic mass is 16.6. The molecule has 0 spiro atoms. The van der Waals surface area contributed by atoms with Crippen molar-refractivity contribution in [3.05, 3.63) is 57.1 Å². The van der Waals surface area contributed by atoms with Gasteiger partial charge in [-0.2, -0.15) is 0 Å². The van der Waals surface area contributed by atoms with Gasteiger partial charge >= 0.3 is 0 Å². The smallest absolute Gasteiger partial charge is 0.279 e. The van der Waals surface area contributed by atoms with Crippen molar-refractivity contribution in [2.24, 2.45) is 0 Å². The van der Waals surface area contributed by atoms with Crippen LogP contribution in [0.1, 0.15) is 30.5 Å². The zero-order valence-corrected chi connectivity index (χ0v) is 17.6. The number of hydrogen-bond acceptors (Lipinski definition) is 5. The number of nitrogens with zero attached hydrogens (tertiary/aromatic N) is 1. The Kier molecular flexibility index (Phi) is 6.89. The first-order valence-electron chi connectivity index (χ1n) is 10.2. The van der Waals surface area contributed by atoms with Gasteiger partial charge in [-0.05, 0) is 44.0 Å². The van der Waals surface area contributed by atoms with Crippen LogP contribution in [0.4, 0.5) is 11.4 Å². The minimum atomic E-state index is -0.464. The number of nitro benzene ring substituents is 1. The molecule has 2 aromatic rings. The molecule has 1 amide bonds. The van der Waals surface area contributed by atoms with Crippen LogP contribution in [0.3, 0.4) is 0 Å². The largest absolute Gasteiger partial charge is 0.490 e. The summed E-state index contributed by atoms with van der Waals surface area (Å²) in [6.45, 7) is 8.66. The normalized spacial score (nSPS) is 15.2. The number of hydrogen-bond donors (Lipinski definition) is 2. The van der Waals surface area contributed by atoms with Crippen molar-refractivity contribution in [2.75, 3.05) is 31.6 Å². The van der Waals surface area contributed by atoms with E-state index in [9.17, 15) is 14.9 Å². The Morgan fingerprint density at radius 2 is 1.80 bits per heavy atom. The maximum Gasteiger partial charge on any atom is 0.279 e. The van der Waals surface area contributed by atoms with Gasteiger partial charge in [0.2, 0.25) is 0 Å². The van der Waals surface area contributed by atoms with Gasteiger partial charge in [0, 0.05) is 24.1 Å². The van der Waals surface area contributed by atoms with Gasteiger partial charge in [0.05, 0.1) is 30.4 Å². The molecule has 0 radical (unpaired) electrons. The number of anilines is 1. The number of ether oxygens (including phenoxy) is 2.